The van der Waals surface area contributed by atoms with E-state index in [0.29, 0.717) is 12.2 Å². The highest BCUT2D eigenvalue weighted by Gasteiger charge is 2.11. The number of anilines is 1. The van der Waals surface area contributed by atoms with Crippen LogP contribution < -0.4 is 4.90 Å². The van der Waals surface area contributed by atoms with Crippen molar-refractivity contribution in [3.63, 3.8) is 0 Å². The minimum atomic E-state index is -0.503. The number of aliphatic hydroxyl groups excluding tert-OH is 1. The SMILES string of the molecule is CCN(CCO)c1ccc(/N=N/c2ncc([N+](=O)[O-])s2)c(C)c1. The lowest BCUT2D eigenvalue weighted by molar-refractivity contribution is -0.380. The van der Waals surface area contributed by atoms with E-state index in [1.54, 1.807) is 0 Å². The zero-order valence-electron chi connectivity index (χ0n) is 12.8. The van der Waals surface area contributed by atoms with E-state index >= 15 is 0 Å². The molecule has 122 valence electrons. The lowest BCUT2D eigenvalue weighted by atomic mass is 10.1. The normalized spacial score (nSPS) is 11.1. The van der Waals surface area contributed by atoms with E-state index < -0.39 is 4.92 Å². The maximum absolute atomic E-state index is 10.6. The van der Waals surface area contributed by atoms with E-state index in [0.717, 1.165) is 29.1 Å². The molecule has 0 fully saturated rings. The van der Waals surface area contributed by atoms with Crippen molar-refractivity contribution in [2.75, 3.05) is 24.6 Å². The van der Waals surface area contributed by atoms with Gasteiger partial charge in [0.05, 0.1) is 17.2 Å². The molecule has 0 spiro atoms. The molecule has 9 heteroatoms. The summed E-state index contributed by atoms with van der Waals surface area (Å²) in [5.41, 5.74) is 2.60. The van der Waals surface area contributed by atoms with Crippen LogP contribution in [0, 0.1) is 17.0 Å². The summed E-state index contributed by atoms with van der Waals surface area (Å²) >= 11 is 0.878. The van der Waals surface area contributed by atoms with Crippen molar-refractivity contribution in [2.45, 2.75) is 13.8 Å². The number of hydrogen-bond acceptors (Lipinski definition) is 8. The number of azo groups is 1. The van der Waals surface area contributed by atoms with Gasteiger partial charge in [-0.3, -0.25) is 10.1 Å². The Morgan fingerprint density at radius 3 is 2.78 bits per heavy atom. The zero-order valence-corrected chi connectivity index (χ0v) is 13.7. The molecule has 0 amide bonds. The molecule has 2 aromatic rings. The largest absolute Gasteiger partial charge is 0.395 e. The first-order valence-corrected chi connectivity index (χ1v) is 7.85. The fourth-order valence-electron chi connectivity index (χ4n) is 2.02. The maximum atomic E-state index is 10.6. The van der Waals surface area contributed by atoms with E-state index in [1.807, 2.05) is 32.0 Å². The minimum absolute atomic E-state index is 0.0615. The number of hydrogen-bond donors (Lipinski definition) is 1. The van der Waals surface area contributed by atoms with Crippen LogP contribution in [0.1, 0.15) is 12.5 Å². The van der Waals surface area contributed by atoms with Gasteiger partial charge in [0, 0.05) is 18.8 Å². The summed E-state index contributed by atoms with van der Waals surface area (Å²) in [4.78, 5) is 16.0. The molecule has 1 aromatic carbocycles. The molecule has 0 saturated heterocycles. The van der Waals surface area contributed by atoms with Gasteiger partial charge in [0.15, 0.2) is 0 Å². The van der Waals surface area contributed by atoms with Crippen molar-refractivity contribution in [1.82, 2.24) is 4.98 Å². The Bertz CT molecular complexity index is 716. The van der Waals surface area contributed by atoms with Gasteiger partial charge in [0.1, 0.15) is 6.20 Å². The smallest absolute Gasteiger partial charge is 0.345 e. The summed E-state index contributed by atoms with van der Waals surface area (Å²) < 4.78 is 0. The van der Waals surface area contributed by atoms with Crippen LogP contribution in [0.25, 0.3) is 0 Å². The predicted molar refractivity (Wildman–Crippen MR) is 89.1 cm³/mol. The number of aromatic nitrogens is 1. The van der Waals surface area contributed by atoms with E-state index in [-0.39, 0.29) is 16.7 Å². The number of benzene rings is 1. The molecule has 0 radical (unpaired) electrons. The number of likely N-dealkylation sites (N-methyl/N-ethyl adjacent to an activating group) is 1. The van der Waals surface area contributed by atoms with E-state index in [2.05, 4.69) is 20.1 Å². The molecule has 23 heavy (non-hydrogen) atoms. The van der Waals surface area contributed by atoms with Crippen LogP contribution in [0.5, 0.6) is 0 Å². The number of nitro groups is 1. The number of thiazole rings is 1. The molecule has 1 heterocycles. The molecule has 0 unspecified atom stereocenters. The molecule has 1 aromatic heterocycles. The van der Waals surface area contributed by atoms with Gasteiger partial charge in [-0.1, -0.05) is 0 Å². The highest BCUT2D eigenvalue weighted by atomic mass is 32.1. The number of rotatable bonds is 7. The first-order chi connectivity index (χ1) is 11.0. The molecule has 0 aliphatic rings. The summed E-state index contributed by atoms with van der Waals surface area (Å²) in [5, 5.41) is 27.9. The fourth-order valence-corrected chi connectivity index (χ4v) is 2.58. The van der Waals surface area contributed by atoms with Gasteiger partial charge >= 0.3 is 5.00 Å². The van der Waals surface area contributed by atoms with Crippen molar-refractivity contribution < 1.29 is 10.0 Å². The van der Waals surface area contributed by atoms with Crippen LogP contribution in [-0.2, 0) is 0 Å². The second kappa shape index (κ2) is 7.75. The van der Waals surface area contributed by atoms with Crippen molar-refractivity contribution in [2.24, 2.45) is 10.2 Å². The van der Waals surface area contributed by atoms with Crippen LogP contribution in [0.3, 0.4) is 0 Å². The molecular formula is C14H17N5O3S. The average molecular weight is 335 g/mol. The molecule has 0 aliphatic carbocycles. The molecule has 1 N–H and O–H groups in total. The molecule has 0 atom stereocenters. The van der Waals surface area contributed by atoms with Gasteiger partial charge in [0.2, 0.25) is 5.13 Å². The van der Waals surface area contributed by atoms with Gasteiger partial charge in [-0.25, -0.2) is 4.98 Å². The topological polar surface area (TPSA) is 104 Å². The lowest BCUT2D eigenvalue weighted by Gasteiger charge is -2.22. The third kappa shape index (κ3) is 4.30. The Labute approximate surface area is 137 Å². The Balaban J connectivity index is 2.16. The molecule has 0 bridgehead atoms. The van der Waals surface area contributed by atoms with E-state index in [4.69, 9.17) is 5.11 Å². The highest BCUT2D eigenvalue weighted by Crippen LogP contribution is 2.30. The maximum Gasteiger partial charge on any atom is 0.345 e. The highest BCUT2D eigenvalue weighted by molar-refractivity contribution is 7.18. The molecule has 0 aliphatic heterocycles. The standard InChI is InChI=1S/C14H17N5O3S/c1-3-18(6-7-20)11-4-5-12(10(2)8-11)16-17-14-15-9-13(23-14)19(21)22/h4-5,8-9,20H,3,6-7H2,1-2H3/b17-16+. The van der Waals surface area contributed by atoms with Crippen molar-refractivity contribution in [3.8, 4) is 0 Å². The second-order valence-corrected chi connectivity index (χ2v) is 5.70. The van der Waals surface area contributed by atoms with Crippen LogP contribution in [0.15, 0.2) is 34.6 Å². The number of aryl methyl sites for hydroxylation is 1. The van der Waals surface area contributed by atoms with Gasteiger partial charge in [-0.05, 0) is 48.9 Å². The Hall–Kier alpha value is -2.39. The van der Waals surface area contributed by atoms with Gasteiger partial charge in [0.25, 0.3) is 0 Å². The van der Waals surface area contributed by atoms with Gasteiger partial charge < -0.3 is 10.0 Å². The number of nitrogens with zero attached hydrogens (tertiary/aromatic N) is 5. The zero-order chi connectivity index (χ0) is 16.8. The minimum Gasteiger partial charge on any atom is -0.395 e. The molecule has 8 nitrogen and oxygen atoms in total. The van der Waals surface area contributed by atoms with Gasteiger partial charge in [-0.15, -0.1) is 10.2 Å². The van der Waals surface area contributed by atoms with Crippen LogP contribution in [-0.4, -0.2) is 34.7 Å². The third-order valence-corrected chi connectivity index (χ3v) is 4.03. The molecular weight excluding hydrogens is 318 g/mol. The predicted octanol–water partition coefficient (Wildman–Crippen LogP) is 3.59. The van der Waals surface area contributed by atoms with Crippen molar-refractivity contribution in [3.05, 3.63) is 40.1 Å². The van der Waals surface area contributed by atoms with Crippen molar-refractivity contribution >= 4 is 32.8 Å². The summed E-state index contributed by atoms with van der Waals surface area (Å²) in [5.74, 6) is 0. The molecule has 2 rings (SSSR count). The quantitative estimate of drug-likeness (QED) is 0.473. The summed E-state index contributed by atoms with van der Waals surface area (Å²) in [6.07, 6.45) is 1.17. The Morgan fingerprint density at radius 2 is 2.22 bits per heavy atom. The lowest BCUT2D eigenvalue weighted by Crippen LogP contribution is -2.26. The van der Waals surface area contributed by atoms with Crippen LogP contribution in [0.4, 0.5) is 21.5 Å². The van der Waals surface area contributed by atoms with E-state index in [9.17, 15) is 10.1 Å². The van der Waals surface area contributed by atoms with E-state index in [1.165, 1.54) is 6.20 Å². The summed E-state index contributed by atoms with van der Waals surface area (Å²) in [7, 11) is 0. The fraction of sp³-hybridized carbons (Fsp3) is 0.357. The van der Waals surface area contributed by atoms with Crippen molar-refractivity contribution in [1.29, 1.82) is 0 Å². The van der Waals surface area contributed by atoms with Crippen LogP contribution >= 0.6 is 11.3 Å². The summed E-state index contributed by atoms with van der Waals surface area (Å²) in [6, 6.07) is 5.71. The second-order valence-electron chi connectivity index (χ2n) is 4.71. The third-order valence-electron chi connectivity index (χ3n) is 3.20. The number of aliphatic hydroxyl groups is 1. The van der Waals surface area contributed by atoms with Gasteiger partial charge in [-0.2, -0.15) is 0 Å². The summed E-state index contributed by atoms with van der Waals surface area (Å²) in [6.45, 7) is 5.39. The first-order valence-electron chi connectivity index (χ1n) is 7.03. The van der Waals surface area contributed by atoms with Crippen LogP contribution in [0.2, 0.25) is 0 Å². The average Bonchev–Trinajstić information content (AvgIpc) is 3.00. The first kappa shape index (κ1) is 17.0. The monoisotopic (exact) mass is 335 g/mol. The Kier molecular flexibility index (Phi) is 5.72. The molecule has 0 saturated carbocycles. The Morgan fingerprint density at radius 1 is 1.43 bits per heavy atom.